The highest BCUT2D eigenvalue weighted by molar-refractivity contribution is 5.74. The van der Waals surface area contributed by atoms with Crippen LogP contribution in [0.5, 0.6) is 0 Å². The molecule has 5 heteroatoms. The molecule has 1 unspecified atom stereocenters. The number of anilines is 1. The number of carboxylic acids is 1. The zero-order valence-corrected chi connectivity index (χ0v) is 12.6. The normalized spacial score (nSPS) is 17.4. The van der Waals surface area contributed by atoms with Gasteiger partial charge in [-0.2, -0.15) is 0 Å². The minimum absolute atomic E-state index is 0.497. The molecule has 1 aliphatic rings. The molecule has 3 rings (SSSR count). The first kappa shape index (κ1) is 14.7. The van der Waals surface area contributed by atoms with Gasteiger partial charge in [0.05, 0.1) is 6.26 Å². The second-order valence-electron chi connectivity index (χ2n) is 5.57. The molecule has 2 heterocycles. The van der Waals surface area contributed by atoms with Crippen molar-refractivity contribution in [2.45, 2.75) is 13.0 Å². The predicted molar refractivity (Wildman–Crippen MR) is 84.0 cm³/mol. The lowest BCUT2D eigenvalue weighted by Gasteiger charge is -2.38. The molecule has 116 valence electrons. The van der Waals surface area contributed by atoms with Crippen LogP contribution in [0.1, 0.15) is 17.4 Å². The third kappa shape index (κ3) is 2.85. The van der Waals surface area contributed by atoms with Crippen LogP contribution >= 0.6 is 0 Å². The van der Waals surface area contributed by atoms with Gasteiger partial charge in [-0.15, -0.1) is 0 Å². The zero-order valence-electron chi connectivity index (χ0n) is 12.6. The Bertz CT molecular complexity index is 631. The van der Waals surface area contributed by atoms with E-state index in [2.05, 4.69) is 24.0 Å². The Morgan fingerprint density at radius 1 is 1.14 bits per heavy atom. The number of carboxylic acid groups (broad SMARTS) is 1. The predicted octanol–water partition coefficient (Wildman–Crippen LogP) is 2.54. The van der Waals surface area contributed by atoms with Crippen LogP contribution in [-0.2, 0) is 4.79 Å². The van der Waals surface area contributed by atoms with Gasteiger partial charge in [0.2, 0.25) is 0 Å². The summed E-state index contributed by atoms with van der Waals surface area (Å²) in [6.45, 7) is 5.13. The van der Waals surface area contributed by atoms with Crippen LogP contribution in [-0.4, -0.2) is 42.2 Å². The molecule has 0 saturated carbocycles. The maximum atomic E-state index is 11.6. The topological polar surface area (TPSA) is 56.9 Å². The number of hydrogen-bond donors (Lipinski definition) is 1. The van der Waals surface area contributed by atoms with Crippen molar-refractivity contribution in [2.24, 2.45) is 0 Å². The summed E-state index contributed by atoms with van der Waals surface area (Å²) < 4.78 is 5.30. The third-order valence-corrected chi connectivity index (χ3v) is 4.18. The Hall–Kier alpha value is -2.27. The Labute approximate surface area is 129 Å². The molecule has 1 fully saturated rings. The summed E-state index contributed by atoms with van der Waals surface area (Å²) in [6, 6.07) is 11.1. The Morgan fingerprint density at radius 2 is 1.86 bits per heavy atom. The highest BCUT2D eigenvalue weighted by atomic mass is 16.4. The van der Waals surface area contributed by atoms with E-state index in [-0.39, 0.29) is 0 Å². The van der Waals surface area contributed by atoms with Gasteiger partial charge >= 0.3 is 5.97 Å². The molecule has 1 atom stereocenters. The average molecular weight is 300 g/mol. The number of aliphatic carboxylic acids is 1. The standard InChI is InChI=1S/C17H20N2O3/c1-13-5-2-3-6-14(13)18-8-10-19(11-9-18)16(17(20)21)15-7-4-12-22-15/h2-7,12,16H,8-11H2,1H3,(H,20,21). The van der Waals surface area contributed by atoms with E-state index in [9.17, 15) is 9.90 Å². The maximum Gasteiger partial charge on any atom is 0.328 e. The first-order valence-corrected chi connectivity index (χ1v) is 7.47. The van der Waals surface area contributed by atoms with E-state index >= 15 is 0 Å². The summed E-state index contributed by atoms with van der Waals surface area (Å²) in [4.78, 5) is 15.9. The van der Waals surface area contributed by atoms with Crippen molar-refractivity contribution in [1.82, 2.24) is 4.90 Å². The first-order valence-electron chi connectivity index (χ1n) is 7.47. The Balaban J connectivity index is 1.71. The Morgan fingerprint density at radius 3 is 2.45 bits per heavy atom. The van der Waals surface area contributed by atoms with E-state index < -0.39 is 12.0 Å². The zero-order chi connectivity index (χ0) is 15.5. The lowest BCUT2D eigenvalue weighted by molar-refractivity contribution is -0.144. The number of nitrogens with zero attached hydrogens (tertiary/aromatic N) is 2. The molecule has 1 N–H and O–H groups in total. The van der Waals surface area contributed by atoms with Crippen LogP contribution in [0.2, 0.25) is 0 Å². The van der Waals surface area contributed by atoms with Crippen LogP contribution in [0.3, 0.4) is 0 Å². The fraction of sp³-hybridized carbons (Fsp3) is 0.353. The molecular weight excluding hydrogens is 280 g/mol. The second-order valence-corrected chi connectivity index (χ2v) is 5.57. The molecule has 0 bridgehead atoms. The fourth-order valence-electron chi connectivity index (χ4n) is 3.04. The molecule has 1 aliphatic heterocycles. The lowest BCUT2D eigenvalue weighted by Crippen LogP contribution is -2.49. The molecular formula is C17H20N2O3. The maximum absolute atomic E-state index is 11.6. The van der Waals surface area contributed by atoms with Crippen molar-refractivity contribution in [2.75, 3.05) is 31.1 Å². The Kier molecular flexibility index (Phi) is 4.15. The lowest BCUT2D eigenvalue weighted by atomic mass is 10.1. The van der Waals surface area contributed by atoms with Gasteiger partial charge < -0.3 is 14.4 Å². The number of hydrogen-bond acceptors (Lipinski definition) is 4. The van der Waals surface area contributed by atoms with Crippen LogP contribution in [0.15, 0.2) is 47.1 Å². The molecule has 0 aliphatic carbocycles. The van der Waals surface area contributed by atoms with Crippen LogP contribution in [0.4, 0.5) is 5.69 Å². The number of furan rings is 1. The van der Waals surface area contributed by atoms with E-state index in [1.165, 1.54) is 17.5 Å². The fourth-order valence-corrected chi connectivity index (χ4v) is 3.04. The van der Waals surface area contributed by atoms with Crippen LogP contribution in [0.25, 0.3) is 0 Å². The van der Waals surface area contributed by atoms with Gasteiger partial charge in [0.25, 0.3) is 0 Å². The van der Waals surface area contributed by atoms with Crippen LogP contribution < -0.4 is 4.90 Å². The van der Waals surface area contributed by atoms with Crippen molar-refractivity contribution >= 4 is 11.7 Å². The number of rotatable bonds is 4. The van der Waals surface area contributed by atoms with Gasteiger partial charge in [0.15, 0.2) is 6.04 Å². The van der Waals surface area contributed by atoms with Crippen molar-refractivity contribution < 1.29 is 14.3 Å². The van der Waals surface area contributed by atoms with Gasteiger partial charge in [-0.05, 0) is 30.7 Å². The van der Waals surface area contributed by atoms with Gasteiger partial charge in [-0.25, -0.2) is 0 Å². The molecule has 1 aromatic heterocycles. The van der Waals surface area contributed by atoms with Crippen LogP contribution in [0, 0.1) is 6.92 Å². The van der Waals surface area contributed by atoms with Gasteiger partial charge in [0.1, 0.15) is 5.76 Å². The minimum Gasteiger partial charge on any atom is -0.480 e. The molecule has 5 nitrogen and oxygen atoms in total. The molecule has 0 radical (unpaired) electrons. The molecule has 1 aromatic carbocycles. The summed E-state index contributed by atoms with van der Waals surface area (Å²) in [6.07, 6.45) is 1.52. The summed E-state index contributed by atoms with van der Waals surface area (Å²) in [7, 11) is 0. The summed E-state index contributed by atoms with van der Waals surface area (Å²) >= 11 is 0. The van der Waals surface area contributed by atoms with E-state index in [1.54, 1.807) is 12.1 Å². The van der Waals surface area contributed by atoms with Gasteiger partial charge in [-0.1, -0.05) is 18.2 Å². The van der Waals surface area contributed by atoms with E-state index in [0.717, 1.165) is 13.1 Å². The summed E-state index contributed by atoms with van der Waals surface area (Å²) in [5.41, 5.74) is 2.48. The molecule has 2 aromatic rings. The largest absolute Gasteiger partial charge is 0.480 e. The summed E-state index contributed by atoms with van der Waals surface area (Å²) in [5.74, 6) is -0.365. The average Bonchev–Trinajstić information content (AvgIpc) is 3.02. The third-order valence-electron chi connectivity index (χ3n) is 4.18. The number of benzene rings is 1. The van der Waals surface area contributed by atoms with Gasteiger partial charge in [0, 0.05) is 31.9 Å². The minimum atomic E-state index is -0.862. The van der Waals surface area contributed by atoms with E-state index in [4.69, 9.17) is 4.42 Å². The van der Waals surface area contributed by atoms with Crippen molar-refractivity contribution in [3.8, 4) is 0 Å². The second kappa shape index (κ2) is 6.23. The molecule has 1 saturated heterocycles. The van der Waals surface area contributed by atoms with E-state index in [1.807, 2.05) is 17.0 Å². The highest BCUT2D eigenvalue weighted by Crippen LogP contribution is 2.26. The number of para-hydroxylation sites is 1. The van der Waals surface area contributed by atoms with Gasteiger partial charge in [-0.3, -0.25) is 9.69 Å². The quantitative estimate of drug-likeness (QED) is 0.940. The van der Waals surface area contributed by atoms with Crippen molar-refractivity contribution in [3.63, 3.8) is 0 Å². The highest BCUT2D eigenvalue weighted by Gasteiger charge is 2.32. The molecule has 0 spiro atoms. The molecule has 0 amide bonds. The first-order chi connectivity index (χ1) is 10.7. The summed E-state index contributed by atoms with van der Waals surface area (Å²) in [5, 5.41) is 9.51. The molecule has 22 heavy (non-hydrogen) atoms. The number of piperazine rings is 1. The van der Waals surface area contributed by atoms with Crippen molar-refractivity contribution in [3.05, 3.63) is 54.0 Å². The number of aryl methyl sites for hydroxylation is 1. The van der Waals surface area contributed by atoms with Crippen molar-refractivity contribution in [1.29, 1.82) is 0 Å². The smallest absolute Gasteiger partial charge is 0.328 e. The monoisotopic (exact) mass is 300 g/mol. The SMILES string of the molecule is Cc1ccccc1N1CCN(C(C(=O)O)c2ccco2)CC1. The number of carbonyl (C=O) groups is 1. The van der Waals surface area contributed by atoms with E-state index in [0.29, 0.717) is 18.8 Å².